The number of ether oxygens (including phenoxy) is 2. The summed E-state index contributed by atoms with van der Waals surface area (Å²) in [7, 11) is 0. The molecule has 1 aromatic rings. The molecule has 1 saturated heterocycles. The minimum Gasteiger partial charge on any atom is -0.490 e. The smallest absolute Gasteiger partial charge is 0.120 e. The van der Waals surface area contributed by atoms with Crippen molar-refractivity contribution in [1.29, 1.82) is 0 Å². The van der Waals surface area contributed by atoms with Crippen molar-refractivity contribution < 1.29 is 9.47 Å². The predicted octanol–water partition coefficient (Wildman–Crippen LogP) is 4.45. The van der Waals surface area contributed by atoms with Crippen LogP contribution in [0.5, 0.6) is 5.75 Å². The number of hydrogen-bond acceptors (Lipinski definition) is 3. The van der Waals surface area contributed by atoms with E-state index in [-0.39, 0.29) is 18.3 Å². The van der Waals surface area contributed by atoms with Crippen LogP contribution in [0.1, 0.15) is 52.1 Å². The van der Waals surface area contributed by atoms with E-state index in [4.69, 9.17) is 9.47 Å². The molecule has 2 rings (SSSR count). The summed E-state index contributed by atoms with van der Waals surface area (Å²) in [4.78, 5) is 0. The molecular weight excluding hydrogens is 330 g/mol. The molecule has 3 unspecified atom stereocenters. The highest BCUT2D eigenvalue weighted by Crippen LogP contribution is 2.30. The summed E-state index contributed by atoms with van der Waals surface area (Å²) in [5.74, 6) is 0.931. The minimum atomic E-state index is 0.243. The van der Waals surface area contributed by atoms with Gasteiger partial charge in [0, 0.05) is 23.4 Å². The monoisotopic (exact) mass is 355 g/mol. The van der Waals surface area contributed by atoms with E-state index >= 15 is 0 Å². The van der Waals surface area contributed by atoms with Crippen LogP contribution in [0.2, 0.25) is 0 Å². The van der Waals surface area contributed by atoms with Crippen molar-refractivity contribution in [3.63, 3.8) is 0 Å². The molecule has 1 aromatic carbocycles. The molecule has 3 atom stereocenters. The molecule has 0 spiro atoms. The Hall–Kier alpha value is -0.580. The summed E-state index contributed by atoms with van der Waals surface area (Å²) in [6.07, 6.45) is 2.70. The average molecular weight is 356 g/mol. The second-order valence-corrected chi connectivity index (χ2v) is 6.79. The van der Waals surface area contributed by atoms with E-state index in [2.05, 4.69) is 67.1 Å². The first-order valence-electron chi connectivity index (χ1n) is 7.84. The summed E-state index contributed by atoms with van der Waals surface area (Å²) in [5, 5.41) is 3.43. The number of rotatable bonds is 5. The predicted molar refractivity (Wildman–Crippen MR) is 89.9 cm³/mol. The third-order valence-electron chi connectivity index (χ3n) is 3.91. The average Bonchev–Trinajstić information content (AvgIpc) is 2.37. The maximum absolute atomic E-state index is 6.14. The SMILES string of the molecule is CCNC(C)c1ccc(OC2CC(C)OC(C)C2)cc1Br. The lowest BCUT2D eigenvalue weighted by atomic mass is 10.0. The van der Waals surface area contributed by atoms with Gasteiger partial charge in [-0.3, -0.25) is 0 Å². The lowest BCUT2D eigenvalue weighted by Crippen LogP contribution is -2.35. The van der Waals surface area contributed by atoms with Crippen LogP contribution in [-0.4, -0.2) is 24.9 Å². The molecule has 1 fully saturated rings. The van der Waals surface area contributed by atoms with Gasteiger partial charge in [-0.25, -0.2) is 0 Å². The summed E-state index contributed by atoms with van der Waals surface area (Å²) >= 11 is 3.66. The Labute approximate surface area is 136 Å². The minimum absolute atomic E-state index is 0.243. The number of halogens is 1. The van der Waals surface area contributed by atoms with Gasteiger partial charge in [-0.1, -0.05) is 28.9 Å². The van der Waals surface area contributed by atoms with Gasteiger partial charge in [-0.05, 0) is 45.0 Å². The fourth-order valence-electron chi connectivity index (χ4n) is 2.98. The van der Waals surface area contributed by atoms with E-state index in [1.807, 2.05) is 0 Å². The first kappa shape index (κ1) is 16.8. The zero-order chi connectivity index (χ0) is 15.4. The largest absolute Gasteiger partial charge is 0.490 e. The zero-order valence-electron chi connectivity index (χ0n) is 13.4. The highest BCUT2D eigenvalue weighted by molar-refractivity contribution is 9.10. The molecule has 1 aliphatic rings. The molecule has 0 aliphatic carbocycles. The normalized spacial score (nSPS) is 27.4. The first-order chi connectivity index (χ1) is 9.99. The van der Waals surface area contributed by atoms with Gasteiger partial charge in [0.2, 0.25) is 0 Å². The van der Waals surface area contributed by atoms with Crippen LogP contribution in [0.25, 0.3) is 0 Å². The number of hydrogen-bond donors (Lipinski definition) is 1. The van der Waals surface area contributed by atoms with Crippen LogP contribution in [0.4, 0.5) is 0 Å². The molecule has 0 bridgehead atoms. The van der Waals surface area contributed by atoms with Crippen molar-refractivity contribution in [3.8, 4) is 5.75 Å². The van der Waals surface area contributed by atoms with Gasteiger partial charge < -0.3 is 14.8 Å². The van der Waals surface area contributed by atoms with Crippen LogP contribution in [0.15, 0.2) is 22.7 Å². The van der Waals surface area contributed by atoms with Crippen molar-refractivity contribution >= 4 is 15.9 Å². The summed E-state index contributed by atoms with van der Waals surface area (Å²) in [5.41, 5.74) is 1.26. The molecule has 3 nitrogen and oxygen atoms in total. The van der Waals surface area contributed by atoms with Crippen LogP contribution < -0.4 is 10.1 Å². The highest BCUT2D eigenvalue weighted by Gasteiger charge is 2.26. The number of nitrogens with one attached hydrogen (secondary N) is 1. The van der Waals surface area contributed by atoms with Crippen LogP contribution >= 0.6 is 15.9 Å². The Morgan fingerprint density at radius 1 is 1.33 bits per heavy atom. The molecule has 0 amide bonds. The Morgan fingerprint density at radius 2 is 2.00 bits per heavy atom. The van der Waals surface area contributed by atoms with E-state index in [9.17, 15) is 0 Å². The Kier molecular flexibility index (Phi) is 6.08. The van der Waals surface area contributed by atoms with Gasteiger partial charge in [0.15, 0.2) is 0 Å². The molecule has 0 radical (unpaired) electrons. The molecule has 1 heterocycles. The maximum atomic E-state index is 6.14. The van der Waals surface area contributed by atoms with E-state index in [0.717, 1.165) is 29.6 Å². The Morgan fingerprint density at radius 3 is 2.57 bits per heavy atom. The summed E-state index contributed by atoms with van der Waals surface area (Å²) in [6, 6.07) is 6.62. The lowest BCUT2D eigenvalue weighted by molar-refractivity contribution is -0.0721. The fraction of sp³-hybridized carbons (Fsp3) is 0.647. The molecule has 118 valence electrons. The quantitative estimate of drug-likeness (QED) is 0.845. The fourth-order valence-corrected chi connectivity index (χ4v) is 3.68. The van der Waals surface area contributed by atoms with Crippen molar-refractivity contribution in [1.82, 2.24) is 5.32 Å². The third kappa shape index (κ3) is 4.70. The zero-order valence-corrected chi connectivity index (χ0v) is 14.9. The van der Waals surface area contributed by atoms with Crippen molar-refractivity contribution in [3.05, 3.63) is 28.2 Å². The van der Waals surface area contributed by atoms with Crippen molar-refractivity contribution in [2.75, 3.05) is 6.54 Å². The van der Waals surface area contributed by atoms with Gasteiger partial charge in [0.05, 0.1) is 12.2 Å². The maximum Gasteiger partial charge on any atom is 0.120 e. The van der Waals surface area contributed by atoms with Gasteiger partial charge >= 0.3 is 0 Å². The lowest BCUT2D eigenvalue weighted by Gasteiger charge is -2.32. The first-order valence-corrected chi connectivity index (χ1v) is 8.63. The van der Waals surface area contributed by atoms with Crippen molar-refractivity contribution in [2.45, 2.75) is 64.9 Å². The van der Waals surface area contributed by atoms with Crippen molar-refractivity contribution in [2.24, 2.45) is 0 Å². The van der Waals surface area contributed by atoms with Gasteiger partial charge in [-0.15, -0.1) is 0 Å². The second-order valence-electron chi connectivity index (χ2n) is 5.93. The van der Waals surface area contributed by atoms with Gasteiger partial charge in [0.25, 0.3) is 0 Å². The topological polar surface area (TPSA) is 30.5 Å². The van der Waals surface area contributed by atoms with Gasteiger partial charge in [-0.2, -0.15) is 0 Å². The second kappa shape index (κ2) is 7.61. The Bertz CT molecular complexity index is 456. The molecule has 0 aromatic heterocycles. The van der Waals surface area contributed by atoms with Crippen LogP contribution in [-0.2, 0) is 4.74 Å². The summed E-state index contributed by atoms with van der Waals surface area (Å²) < 4.78 is 13.0. The standard InChI is InChI=1S/C17H26BrNO2/c1-5-19-13(4)16-7-6-14(10-17(16)18)21-15-8-11(2)20-12(3)9-15/h6-7,10-13,15,19H,5,8-9H2,1-4H3. The molecule has 1 N–H and O–H groups in total. The molecule has 4 heteroatoms. The van der Waals surface area contributed by atoms with Crippen LogP contribution in [0.3, 0.4) is 0 Å². The summed E-state index contributed by atoms with van der Waals surface area (Å²) in [6.45, 7) is 9.48. The number of benzene rings is 1. The molecule has 0 saturated carbocycles. The Balaban J connectivity index is 2.03. The van der Waals surface area contributed by atoms with E-state index in [1.165, 1.54) is 5.56 Å². The van der Waals surface area contributed by atoms with Gasteiger partial charge in [0.1, 0.15) is 11.9 Å². The molecule has 1 aliphatic heterocycles. The highest BCUT2D eigenvalue weighted by atomic mass is 79.9. The van der Waals surface area contributed by atoms with E-state index < -0.39 is 0 Å². The van der Waals surface area contributed by atoms with E-state index in [1.54, 1.807) is 0 Å². The van der Waals surface area contributed by atoms with Crippen LogP contribution in [0, 0.1) is 0 Å². The molecule has 21 heavy (non-hydrogen) atoms. The third-order valence-corrected chi connectivity index (χ3v) is 4.59. The van der Waals surface area contributed by atoms with E-state index in [0.29, 0.717) is 6.04 Å². The molecular formula is C17H26BrNO2.